The second kappa shape index (κ2) is 8.77. The number of benzene rings is 1. The molecule has 1 aromatic heterocycles. The van der Waals surface area contributed by atoms with Crippen molar-refractivity contribution in [3.05, 3.63) is 60.2 Å². The zero-order valence-corrected chi connectivity index (χ0v) is 20.1. The molecular formula is C28H31FN2O4. The number of esters is 1. The van der Waals surface area contributed by atoms with Crippen molar-refractivity contribution in [2.75, 3.05) is 6.61 Å². The summed E-state index contributed by atoms with van der Waals surface area (Å²) in [5, 5.41) is 0. The Hall–Kier alpha value is -3.22. The van der Waals surface area contributed by atoms with Gasteiger partial charge in [-0.15, -0.1) is 0 Å². The minimum absolute atomic E-state index is 0.0996. The number of aromatic nitrogens is 1. The maximum Gasteiger partial charge on any atom is 0.404 e. The van der Waals surface area contributed by atoms with E-state index >= 15 is 0 Å². The number of hydrogen-bond donors (Lipinski definition) is 1. The van der Waals surface area contributed by atoms with E-state index in [1.807, 2.05) is 24.3 Å². The van der Waals surface area contributed by atoms with Gasteiger partial charge in [0.2, 0.25) is 0 Å². The van der Waals surface area contributed by atoms with E-state index < -0.39 is 17.6 Å². The van der Waals surface area contributed by atoms with Gasteiger partial charge in [-0.05, 0) is 66.9 Å². The van der Waals surface area contributed by atoms with Gasteiger partial charge in [-0.3, -0.25) is 9.78 Å². The monoisotopic (exact) mass is 478 g/mol. The van der Waals surface area contributed by atoms with Crippen LogP contribution in [0.1, 0.15) is 45.2 Å². The van der Waals surface area contributed by atoms with Crippen LogP contribution in [0.15, 0.2) is 48.7 Å². The second-order valence-corrected chi connectivity index (χ2v) is 10.6. The van der Waals surface area contributed by atoms with Crippen LogP contribution in [0.4, 0.5) is 9.18 Å². The van der Waals surface area contributed by atoms with Crippen molar-refractivity contribution in [1.29, 1.82) is 0 Å². The smallest absolute Gasteiger partial charge is 0.404 e. The third-order valence-electron chi connectivity index (χ3n) is 8.70. The summed E-state index contributed by atoms with van der Waals surface area (Å²) in [5.74, 6) is -0.156. The average Bonchev–Trinajstić information content (AvgIpc) is 3.22. The number of hydrogen-bond acceptors (Lipinski definition) is 5. The first-order valence-corrected chi connectivity index (χ1v) is 12.2. The number of primary amides is 1. The topological polar surface area (TPSA) is 91.5 Å². The number of halogens is 1. The summed E-state index contributed by atoms with van der Waals surface area (Å²) >= 11 is 0. The van der Waals surface area contributed by atoms with Crippen LogP contribution in [0.3, 0.4) is 0 Å². The lowest BCUT2D eigenvalue weighted by Gasteiger charge is -2.58. The number of nitrogens with two attached hydrogens (primary N) is 1. The van der Waals surface area contributed by atoms with Gasteiger partial charge in [-0.25, -0.2) is 9.18 Å². The van der Waals surface area contributed by atoms with Crippen molar-refractivity contribution in [2.24, 2.45) is 34.3 Å². The molecule has 3 aliphatic rings. The van der Waals surface area contributed by atoms with E-state index in [0.717, 1.165) is 36.1 Å². The van der Waals surface area contributed by atoms with E-state index in [4.69, 9.17) is 15.2 Å². The van der Waals surface area contributed by atoms with Crippen LogP contribution < -0.4 is 5.73 Å². The van der Waals surface area contributed by atoms with E-state index in [2.05, 4.69) is 24.9 Å². The molecule has 2 aliphatic carbocycles. The highest BCUT2D eigenvalue weighted by molar-refractivity contribution is 5.76. The Balaban J connectivity index is 1.46. The van der Waals surface area contributed by atoms with Gasteiger partial charge in [0, 0.05) is 23.1 Å². The molecule has 35 heavy (non-hydrogen) atoms. The third kappa shape index (κ3) is 4.11. The van der Waals surface area contributed by atoms with Crippen molar-refractivity contribution in [3.63, 3.8) is 0 Å². The zero-order valence-electron chi connectivity index (χ0n) is 20.1. The molecule has 184 valence electrons. The fraction of sp³-hybridized carbons (Fsp3) is 0.464. The van der Waals surface area contributed by atoms with Crippen molar-refractivity contribution in [1.82, 2.24) is 4.98 Å². The molecule has 1 saturated heterocycles. The molecule has 2 aromatic rings. The van der Waals surface area contributed by atoms with Gasteiger partial charge < -0.3 is 15.2 Å². The average molecular weight is 479 g/mol. The van der Waals surface area contributed by atoms with E-state index in [0.29, 0.717) is 13.0 Å². The number of pyridine rings is 1. The highest BCUT2D eigenvalue weighted by Crippen LogP contribution is 2.63. The Morgan fingerprint density at radius 3 is 2.74 bits per heavy atom. The summed E-state index contributed by atoms with van der Waals surface area (Å²) in [6.07, 6.45) is 7.78. The first-order chi connectivity index (χ1) is 16.7. The van der Waals surface area contributed by atoms with Gasteiger partial charge in [0.15, 0.2) is 0 Å². The number of carbonyl (C=O) groups is 2. The number of rotatable bonds is 4. The van der Waals surface area contributed by atoms with Crippen LogP contribution in [0.25, 0.3) is 17.2 Å². The van der Waals surface area contributed by atoms with Gasteiger partial charge in [0.1, 0.15) is 11.9 Å². The number of carbonyl (C=O) groups excluding carboxylic acids is 2. The largest absolute Gasteiger partial charge is 0.465 e. The fourth-order valence-electron chi connectivity index (χ4n) is 7.04. The van der Waals surface area contributed by atoms with Crippen molar-refractivity contribution in [3.8, 4) is 11.1 Å². The molecule has 6 nitrogen and oxygen atoms in total. The summed E-state index contributed by atoms with van der Waals surface area (Å²) in [6, 6.07) is 10.2. The van der Waals surface area contributed by atoms with Crippen molar-refractivity contribution >= 4 is 18.1 Å². The van der Waals surface area contributed by atoms with E-state index in [9.17, 15) is 14.0 Å². The maximum atomic E-state index is 13.6. The minimum atomic E-state index is -0.787. The molecular weight excluding hydrogens is 447 g/mol. The molecule has 7 heteroatoms. The van der Waals surface area contributed by atoms with Crippen molar-refractivity contribution in [2.45, 2.75) is 45.6 Å². The fourth-order valence-corrected chi connectivity index (χ4v) is 7.04. The van der Waals surface area contributed by atoms with Crippen LogP contribution in [-0.4, -0.2) is 29.8 Å². The lowest BCUT2D eigenvalue weighted by molar-refractivity contribution is -0.159. The van der Waals surface area contributed by atoms with Crippen molar-refractivity contribution < 1.29 is 23.5 Å². The quantitative estimate of drug-likeness (QED) is 0.597. The predicted molar refractivity (Wildman–Crippen MR) is 129 cm³/mol. The predicted octanol–water partition coefficient (Wildman–Crippen LogP) is 5.37. The highest BCUT2D eigenvalue weighted by atomic mass is 19.1. The van der Waals surface area contributed by atoms with Gasteiger partial charge in [-0.1, -0.05) is 38.1 Å². The molecule has 0 bridgehead atoms. The molecule has 2 N–H and O–H groups in total. The van der Waals surface area contributed by atoms with Gasteiger partial charge in [-0.2, -0.15) is 0 Å². The number of ether oxygens (including phenoxy) is 2. The van der Waals surface area contributed by atoms with Gasteiger partial charge >= 0.3 is 12.1 Å². The van der Waals surface area contributed by atoms with Crippen LogP contribution in [0.5, 0.6) is 0 Å². The third-order valence-corrected chi connectivity index (χ3v) is 8.70. The number of amides is 1. The molecule has 2 saturated carbocycles. The Morgan fingerprint density at radius 2 is 2.03 bits per heavy atom. The molecule has 0 spiro atoms. The maximum absolute atomic E-state index is 13.6. The normalized spacial score (nSPS) is 34.2. The first-order valence-electron chi connectivity index (χ1n) is 12.2. The Labute approximate surface area is 204 Å². The molecule has 0 radical (unpaired) electrons. The standard InChI is InChI=1S/C28H31FN2O4/c1-27(12-10-21-8-6-18(15-31-21)17-4-3-5-20(29)14-17)22-9-7-19-16-34-25(32)24(19)28(22,2)13-11-23(27)35-26(30)33/h3-6,8,10,12,14-15,19,22-24H,7,9,11,13,16H2,1-2H3,(H2,30,33)/b12-10+/t19-,22-,23-,24+,27-,28-/m1/s1. The Morgan fingerprint density at radius 1 is 1.20 bits per heavy atom. The van der Waals surface area contributed by atoms with Crippen LogP contribution in [0, 0.1) is 34.4 Å². The molecule has 2 heterocycles. The molecule has 1 aliphatic heterocycles. The van der Waals surface area contributed by atoms with Gasteiger partial charge in [0.05, 0.1) is 18.2 Å². The number of fused-ring (bicyclic) bond motifs is 3. The lowest BCUT2D eigenvalue weighted by atomic mass is 9.45. The molecule has 1 aromatic carbocycles. The zero-order chi connectivity index (χ0) is 24.8. The number of nitrogens with zero attached hydrogens (tertiary/aromatic N) is 1. The first kappa shape index (κ1) is 23.5. The lowest BCUT2D eigenvalue weighted by Crippen LogP contribution is -2.58. The Bertz CT molecular complexity index is 1170. The van der Waals surface area contributed by atoms with Crippen LogP contribution >= 0.6 is 0 Å². The molecule has 1 amide bonds. The Kier molecular flexibility index (Phi) is 5.90. The highest BCUT2D eigenvalue weighted by Gasteiger charge is 2.63. The van der Waals surface area contributed by atoms with E-state index in [1.54, 1.807) is 12.3 Å². The SMILES string of the molecule is C[C@@]1(/C=C/c2ccc(-c3cccc(F)c3)cn2)[C@H]2CC[C@@H]3COC(=O)[C@H]3[C@]2(C)CC[C@H]1OC(N)=O. The summed E-state index contributed by atoms with van der Waals surface area (Å²) in [4.78, 5) is 29.0. The molecule has 3 fully saturated rings. The molecule has 6 atom stereocenters. The summed E-state index contributed by atoms with van der Waals surface area (Å²) in [5.41, 5.74) is 7.00. The second-order valence-electron chi connectivity index (χ2n) is 10.6. The molecule has 5 rings (SSSR count). The van der Waals surface area contributed by atoms with Gasteiger partial charge in [0.25, 0.3) is 0 Å². The van der Waals surface area contributed by atoms with Crippen LogP contribution in [-0.2, 0) is 14.3 Å². The van der Waals surface area contributed by atoms with E-state index in [-0.39, 0.29) is 35.0 Å². The van der Waals surface area contributed by atoms with E-state index in [1.165, 1.54) is 12.1 Å². The number of cyclic esters (lactones) is 1. The summed E-state index contributed by atoms with van der Waals surface area (Å²) in [6.45, 7) is 4.79. The summed E-state index contributed by atoms with van der Waals surface area (Å²) < 4.78 is 24.7. The minimum Gasteiger partial charge on any atom is -0.465 e. The van der Waals surface area contributed by atoms with Crippen LogP contribution in [0.2, 0.25) is 0 Å². The summed E-state index contributed by atoms with van der Waals surface area (Å²) in [7, 11) is 0. The molecule has 0 unspecified atom stereocenters.